The summed E-state index contributed by atoms with van der Waals surface area (Å²) in [5.74, 6) is -1.14. The minimum atomic E-state index is -4.05. The Hall–Kier alpha value is -0.800. The zero-order chi connectivity index (χ0) is 12.9. The summed E-state index contributed by atoms with van der Waals surface area (Å²) in [6.07, 6.45) is -3.03. The van der Waals surface area contributed by atoms with E-state index in [0.29, 0.717) is 26.1 Å². The van der Waals surface area contributed by atoms with Gasteiger partial charge in [0.25, 0.3) is 0 Å². The predicted octanol–water partition coefficient (Wildman–Crippen LogP) is 1.76. The highest BCUT2D eigenvalue weighted by molar-refractivity contribution is 4.89. The standard InChI is InChI=1S/C11H18F3N3/c1-16-10(8-15)4-7-17-5-2-9(3-6-17)11(12,13)14/h9-10,16H,2-7H2,1H3. The molecule has 0 aromatic rings. The fraction of sp³-hybridized carbons (Fsp3) is 0.909. The second-order valence-corrected chi connectivity index (χ2v) is 4.42. The lowest BCUT2D eigenvalue weighted by Gasteiger charge is -2.33. The molecule has 1 aliphatic rings. The Balaban J connectivity index is 2.26. The summed E-state index contributed by atoms with van der Waals surface area (Å²) in [6.45, 7) is 1.64. The third-order valence-corrected chi connectivity index (χ3v) is 3.29. The number of rotatable bonds is 4. The number of likely N-dealkylation sites (tertiary alicyclic amines) is 1. The lowest BCUT2D eigenvalue weighted by Crippen LogP contribution is -2.40. The topological polar surface area (TPSA) is 39.1 Å². The zero-order valence-corrected chi connectivity index (χ0v) is 9.93. The van der Waals surface area contributed by atoms with E-state index in [1.165, 1.54) is 0 Å². The van der Waals surface area contributed by atoms with Gasteiger partial charge in [-0.05, 0) is 39.4 Å². The van der Waals surface area contributed by atoms with E-state index in [4.69, 9.17) is 5.26 Å². The Morgan fingerprint density at radius 2 is 2.00 bits per heavy atom. The lowest BCUT2D eigenvalue weighted by atomic mass is 9.96. The van der Waals surface area contributed by atoms with Crippen molar-refractivity contribution < 1.29 is 13.2 Å². The molecule has 0 saturated carbocycles. The van der Waals surface area contributed by atoms with E-state index >= 15 is 0 Å². The van der Waals surface area contributed by atoms with Crippen molar-refractivity contribution in [1.82, 2.24) is 10.2 Å². The molecule has 1 saturated heterocycles. The first-order chi connectivity index (χ1) is 7.97. The Kier molecular flexibility index (Phi) is 5.22. The molecule has 1 rings (SSSR count). The molecule has 0 aromatic heterocycles. The van der Waals surface area contributed by atoms with Gasteiger partial charge in [0.1, 0.15) is 0 Å². The van der Waals surface area contributed by atoms with Crippen LogP contribution in [0.3, 0.4) is 0 Å². The van der Waals surface area contributed by atoms with Gasteiger partial charge in [-0.1, -0.05) is 0 Å². The maximum atomic E-state index is 12.4. The first-order valence-electron chi connectivity index (χ1n) is 5.83. The van der Waals surface area contributed by atoms with Crippen LogP contribution in [0.5, 0.6) is 0 Å². The molecule has 0 spiro atoms. The van der Waals surface area contributed by atoms with Gasteiger partial charge in [0.05, 0.1) is 18.0 Å². The van der Waals surface area contributed by atoms with E-state index in [-0.39, 0.29) is 18.9 Å². The van der Waals surface area contributed by atoms with Crippen molar-refractivity contribution in [2.24, 2.45) is 5.92 Å². The second kappa shape index (κ2) is 6.22. The van der Waals surface area contributed by atoms with Crippen LogP contribution in [0.2, 0.25) is 0 Å². The summed E-state index contributed by atoms with van der Waals surface area (Å²) in [5, 5.41) is 11.6. The van der Waals surface area contributed by atoms with E-state index in [9.17, 15) is 13.2 Å². The van der Waals surface area contributed by atoms with E-state index in [1.807, 2.05) is 4.90 Å². The molecule has 98 valence electrons. The van der Waals surface area contributed by atoms with Crippen LogP contribution in [0, 0.1) is 17.2 Å². The molecule has 17 heavy (non-hydrogen) atoms. The van der Waals surface area contributed by atoms with Crippen molar-refractivity contribution in [3.05, 3.63) is 0 Å². The smallest absolute Gasteiger partial charge is 0.305 e. The summed E-state index contributed by atoms with van der Waals surface area (Å²) in [4.78, 5) is 2.00. The molecule has 1 N–H and O–H groups in total. The molecule has 0 bridgehead atoms. The predicted molar refractivity (Wildman–Crippen MR) is 58.3 cm³/mol. The first-order valence-corrected chi connectivity index (χ1v) is 5.83. The quantitative estimate of drug-likeness (QED) is 0.825. The monoisotopic (exact) mass is 249 g/mol. The number of alkyl halides is 3. The van der Waals surface area contributed by atoms with Crippen molar-refractivity contribution in [3.8, 4) is 6.07 Å². The van der Waals surface area contributed by atoms with Crippen LogP contribution in [0.4, 0.5) is 13.2 Å². The molecule has 1 heterocycles. The highest BCUT2D eigenvalue weighted by Crippen LogP contribution is 2.33. The summed E-state index contributed by atoms with van der Waals surface area (Å²) in [7, 11) is 1.71. The summed E-state index contributed by atoms with van der Waals surface area (Å²) >= 11 is 0. The lowest BCUT2D eigenvalue weighted by molar-refractivity contribution is -0.185. The van der Waals surface area contributed by atoms with Gasteiger partial charge in [0, 0.05) is 6.54 Å². The molecule has 6 heteroatoms. The van der Waals surface area contributed by atoms with Gasteiger partial charge in [-0.3, -0.25) is 0 Å². The minimum absolute atomic E-state index is 0.181. The van der Waals surface area contributed by atoms with Gasteiger partial charge in [-0.15, -0.1) is 0 Å². The maximum Gasteiger partial charge on any atom is 0.391 e. The molecule has 0 aliphatic carbocycles. The van der Waals surface area contributed by atoms with Gasteiger partial charge < -0.3 is 10.2 Å². The number of nitrogens with zero attached hydrogens (tertiary/aromatic N) is 2. The second-order valence-electron chi connectivity index (χ2n) is 4.42. The van der Waals surface area contributed by atoms with Crippen molar-refractivity contribution in [3.63, 3.8) is 0 Å². The average Bonchev–Trinajstić information content (AvgIpc) is 2.30. The largest absolute Gasteiger partial charge is 0.391 e. The fourth-order valence-corrected chi connectivity index (χ4v) is 2.07. The van der Waals surface area contributed by atoms with Crippen LogP contribution >= 0.6 is 0 Å². The maximum absolute atomic E-state index is 12.4. The van der Waals surface area contributed by atoms with E-state index in [0.717, 1.165) is 0 Å². The summed E-state index contributed by atoms with van der Waals surface area (Å²) in [5.41, 5.74) is 0. The number of nitriles is 1. The molecular formula is C11H18F3N3. The van der Waals surface area contributed by atoms with Crippen molar-refractivity contribution >= 4 is 0 Å². The van der Waals surface area contributed by atoms with Crippen LogP contribution in [-0.2, 0) is 0 Å². The van der Waals surface area contributed by atoms with Crippen LogP contribution in [0.15, 0.2) is 0 Å². The average molecular weight is 249 g/mol. The van der Waals surface area contributed by atoms with E-state index < -0.39 is 12.1 Å². The molecule has 0 aromatic carbocycles. The molecule has 1 aliphatic heterocycles. The number of hydrogen-bond donors (Lipinski definition) is 1. The van der Waals surface area contributed by atoms with Crippen molar-refractivity contribution in [2.75, 3.05) is 26.7 Å². The number of piperidine rings is 1. The Morgan fingerprint density at radius 3 is 2.41 bits per heavy atom. The third kappa shape index (κ3) is 4.52. The zero-order valence-electron chi connectivity index (χ0n) is 9.93. The highest BCUT2D eigenvalue weighted by Gasteiger charge is 2.40. The van der Waals surface area contributed by atoms with Gasteiger partial charge in [-0.25, -0.2) is 0 Å². The van der Waals surface area contributed by atoms with Crippen LogP contribution in [0.25, 0.3) is 0 Å². The summed E-state index contributed by atoms with van der Waals surface area (Å²) < 4.78 is 37.3. The molecule has 1 unspecified atom stereocenters. The molecule has 0 radical (unpaired) electrons. The van der Waals surface area contributed by atoms with Gasteiger partial charge >= 0.3 is 6.18 Å². The summed E-state index contributed by atoms with van der Waals surface area (Å²) in [6, 6.07) is 1.89. The van der Waals surface area contributed by atoms with E-state index in [2.05, 4.69) is 11.4 Å². The Bertz CT molecular complexity index is 264. The SMILES string of the molecule is CNC(C#N)CCN1CCC(C(F)(F)F)CC1. The molecule has 0 amide bonds. The van der Waals surface area contributed by atoms with Gasteiger partial charge in [0.15, 0.2) is 0 Å². The van der Waals surface area contributed by atoms with Gasteiger partial charge in [0.2, 0.25) is 0 Å². The highest BCUT2D eigenvalue weighted by atomic mass is 19.4. The number of nitrogens with one attached hydrogen (secondary N) is 1. The molecule has 3 nitrogen and oxygen atoms in total. The molecular weight excluding hydrogens is 231 g/mol. The van der Waals surface area contributed by atoms with Crippen molar-refractivity contribution in [1.29, 1.82) is 5.26 Å². The fourth-order valence-electron chi connectivity index (χ4n) is 2.07. The Labute approximate surface area is 99.6 Å². The normalized spacial score (nSPS) is 21.1. The third-order valence-electron chi connectivity index (χ3n) is 3.29. The number of hydrogen-bond acceptors (Lipinski definition) is 3. The van der Waals surface area contributed by atoms with E-state index in [1.54, 1.807) is 7.05 Å². The van der Waals surface area contributed by atoms with Crippen molar-refractivity contribution in [2.45, 2.75) is 31.5 Å². The van der Waals surface area contributed by atoms with Gasteiger partial charge in [-0.2, -0.15) is 18.4 Å². The van der Waals surface area contributed by atoms with Crippen LogP contribution in [0.1, 0.15) is 19.3 Å². The molecule has 1 atom stereocenters. The van der Waals surface area contributed by atoms with Crippen LogP contribution in [-0.4, -0.2) is 43.8 Å². The minimum Gasteiger partial charge on any atom is -0.305 e. The number of halogens is 3. The Morgan fingerprint density at radius 1 is 1.41 bits per heavy atom. The van der Waals surface area contributed by atoms with Crippen LogP contribution < -0.4 is 5.32 Å². The molecule has 1 fully saturated rings. The first kappa shape index (κ1) is 14.3.